The lowest BCUT2D eigenvalue weighted by molar-refractivity contribution is 0.0956. The highest BCUT2D eigenvalue weighted by molar-refractivity contribution is 7.98. The van der Waals surface area contributed by atoms with Crippen LogP contribution in [0.15, 0.2) is 42.5 Å². The molecule has 2 aromatic rings. The van der Waals surface area contributed by atoms with Gasteiger partial charge in [-0.15, -0.1) is 0 Å². The molecule has 0 aliphatic heterocycles. The Morgan fingerprint density at radius 3 is 2.74 bits per heavy atom. The Morgan fingerprint density at radius 1 is 1.17 bits per heavy atom. The van der Waals surface area contributed by atoms with E-state index in [1.807, 2.05) is 18.2 Å². The monoisotopic (exact) mass is 369 g/mol. The summed E-state index contributed by atoms with van der Waals surface area (Å²) in [6.07, 6.45) is 0. The fourth-order valence-corrected chi connectivity index (χ4v) is 3.05. The van der Waals surface area contributed by atoms with Crippen molar-refractivity contribution in [3.8, 4) is 5.75 Å². The number of nitrogens with one attached hydrogen (secondary N) is 1. The van der Waals surface area contributed by atoms with Gasteiger partial charge in [-0.05, 0) is 35.9 Å². The summed E-state index contributed by atoms with van der Waals surface area (Å²) in [6, 6.07) is 12.7. The zero-order chi connectivity index (χ0) is 16.7. The minimum absolute atomic E-state index is 0.0981. The van der Waals surface area contributed by atoms with Crippen LogP contribution >= 0.6 is 35.0 Å². The van der Waals surface area contributed by atoms with Crippen LogP contribution < -0.4 is 10.1 Å². The van der Waals surface area contributed by atoms with Gasteiger partial charge in [0, 0.05) is 23.6 Å². The van der Waals surface area contributed by atoms with Crippen LogP contribution in [-0.2, 0) is 5.75 Å². The number of amides is 1. The molecule has 0 fully saturated rings. The van der Waals surface area contributed by atoms with Crippen molar-refractivity contribution >= 4 is 40.9 Å². The number of carbonyl (C=O) groups is 1. The number of benzene rings is 2. The van der Waals surface area contributed by atoms with Crippen molar-refractivity contribution in [2.75, 3.05) is 19.4 Å². The number of ether oxygens (including phenoxy) is 1. The van der Waals surface area contributed by atoms with Gasteiger partial charge in [0.25, 0.3) is 5.91 Å². The first kappa shape index (κ1) is 18.0. The van der Waals surface area contributed by atoms with E-state index in [-0.39, 0.29) is 5.91 Å². The van der Waals surface area contributed by atoms with Gasteiger partial charge in [0.05, 0.1) is 17.2 Å². The molecule has 0 bridgehead atoms. The Balaban J connectivity index is 1.72. The predicted octanol–water partition coefficient (Wildman–Crippen LogP) is 4.67. The third-order valence-corrected chi connectivity index (χ3v) is 4.89. The number of thioether (sulfide) groups is 1. The highest BCUT2D eigenvalue weighted by Crippen LogP contribution is 2.24. The molecule has 122 valence electrons. The molecular weight excluding hydrogens is 353 g/mol. The van der Waals surface area contributed by atoms with Crippen LogP contribution in [0.25, 0.3) is 0 Å². The molecule has 0 atom stereocenters. The molecule has 3 nitrogen and oxygen atoms in total. The normalized spacial score (nSPS) is 10.4. The fourth-order valence-electron chi connectivity index (χ4n) is 1.92. The van der Waals surface area contributed by atoms with Crippen molar-refractivity contribution in [1.82, 2.24) is 5.32 Å². The van der Waals surface area contributed by atoms with Gasteiger partial charge in [-0.2, -0.15) is 11.8 Å². The van der Waals surface area contributed by atoms with Crippen molar-refractivity contribution in [2.45, 2.75) is 5.75 Å². The lowest BCUT2D eigenvalue weighted by Crippen LogP contribution is -2.25. The van der Waals surface area contributed by atoms with Gasteiger partial charge < -0.3 is 10.1 Å². The maximum absolute atomic E-state index is 12.0. The van der Waals surface area contributed by atoms with Crippen LogP contribution in [0.4, 0.5) is 0 Å². The SMILES string of the molecule is COc1cccc(C(=O)NCCSCc2ccc(Cl)c(Cl)c2)c1. The second-order valence-electron chi connectivity index (χ2n) is 4.79. The molecule has 0 saturated heterocycles. The molecule has 0 aliphatic carbocycles. The van der Waals surface area contributed by atoms with Crippen LogP contribution in [-0.4, -0.2) is 25.3 Å². The van der Waals surface area contributed by atoms with Crippen LogP contribution in [0.1, 0.15) is 15.9 Å². The first-order valence-electron chi connectivity index (χ1n) is 7.04. The van der Waals surface area contributed by atoms with Crippen molar-refractivity contribution in [1.29, 1.82) is 0 Å². The minimum Gasteiger partial charge on any atom is -0.497 e. The Morgan fingerprint density at radius 2 is 2.00 bits per heavy atom. The first-order chi connectivity index (χ1) is 11.1. The average Bonchev–Trinajstić information content (AvgIpc) is 2.57. The van der Waals surface area contributed by atoms with E-state index in [0.29, 0.717) is 27.9 Å². The smallest absolute Gasteiger partial charge is 0.251 e. The average molecular weight is 370 g/mol. The van der Waals surface area contributed by atoms with E-state index in [4.69, 9.17) is 27.9 Å². The Hall–Kier alpha value is -1.36. The van der Waals surface area contributed by atoms with Crippen molar-refractivity contribution in [3.63, 3.8) is 0 Å². The van der Waals surface area contributed by atoms with Gasteiger partial charge in [-0.3, -0.25) is 4.79 Å². The Bertz CT molecular complexity index is 679. The van der Waals surface area contributed by atoms with Gasteiger partial charge >= 0.3 is 0 Å². The number of hydrogen-bond donors (Lipinski definition) is 1. The maximum Gasteiger partial charge on any atom is 0.251 e. The highest BCUT2D eigenvalue weighted by atomic mass is 35.5. The van der Waals surface area contributed by atoms with E-state index in [0.717, 1.165) is 17.1 Å². The van der Waals surface area contributed by atoms with Gasteiger partial charge in [-0.25, -0.2) is 0 Å². The Kier molecular flexibility index (Phi) is 7.09. The molecule has 6 heteroatoms. The second kappa shape index (κ2) is 9.06. The molecule has 0 saturated carbocycles. The topological polar surface area (TPSA) is 38.3 Å². The number of carbonyl (C=O) groups excluding carboxylic acids is 1. The summed E-state index contributed by atoms with van der Waals surface area (Å²) in [5.41, 5.74) is 1.71. The van der Waals surface area contributed by atoms with E-state index in [9.17, 15) is 4.79 Å². The van der Waals surface area contributed by atoms with Gasteiger partial charge in [-0.1, -0.05) is 35.3 Å². The second-order valence-corrected chi connectivity index (χ2v) is 6.71. The van der Waals surface area contributed by atoms with Gasteiger partial charge in [0.15, 0.2) is 0 Å². The lowest BCUT2D eigenvalue weighted by Gasteiger charge is -2.07. The van der Waals surface area contributed by atoms with Gasteiger partial charge in [0.1, 0.15) is 5.75 Å². The number of rotatable bonds is 7. The predicted molar refractivity (Wildman–Crippen MR) is 98.0 cm³/mol. The zero-order valence-electron chi connectivity index (χ0n) is 12.6. The van der Waals surface area contributed by atoms with E-state index < -0.39 is 0 Å². The Labute approximate surface area is 150 Å². The molecule has 2 aromatic carbocycles. The molecule has 0 radical (unpaired) electrons. The van der Waals surface area contributed by atoms with Crippen molar-refractivity contribution in [2.24, 2.45) is 0 Å². The standard InChI is InChI=1S/C17H17Cl2NO2S/c1-22-14-4-2-3-13(10-14)17(21)20-7-8-23-11-12-5-6-15(18)16(19)9-12/h2-6,9-10H,7-8,11H2,1H3,(H,20,21). The molecule has 0 spiro atoms. The van der Waals surface area contributed by atoms with Crippen molar-refractivity contribution in [3.05, 3.63) is 63.6 Å². The van der Waals surface area contributed by atoms with Crippen LogP contribution in [0, 0.1) is 0 Å². The zero-order valence-corrected chi connectivity index (χ0v) is 15.0. The molecule has 0 aliphatic rings. The molecular formula is C17H17Cl2NO2S. The lowest BCUT2D eigenvalue weighted by atomic mass is 10.2. The third-order valence-electron chi connectivity index (χ3n) is 3.12. The molecule has 0 aromatic heterocycles. The quantitative estimate of drug-likeness (QED) is 0.720. The largest absolute Gasteiger partial charge is 0.497 e. The molecule has 2 rings (SSSR count). The summed E-state index contributed by atoms with van der Waals surface area (Å²) in [5.74, 6) is 2.22. The van der Waals surface area contributed by atoms with E-state index in [2.05, 4.69) is 5.32 Å². The number of methoxy groups -OCH3 is 1. The van der Waals surface area contributed by atoms with Crippen molar-refractivity contribution < 1.29 is 9.53 Å². The maximum atomic E-state index is 12.0. The van der Waals surface area contributed by atoms with Crippen LogP contribution in [0.2, 0.25) is 10.0 Å². The summed E-state index contributed by atoms with van der Waals surface area (Å²) in [6.45, 7) is 0.599. The summed E-state index contributed by atoms with van der Waals surface area (Å²) < 4.78 is 5.11. The summed E-state index contributed by atoms with van der Waals surface area (Å²) in [5, 5.41) is 4.02. The van der Waals surface area contributed by atoms with Crippen LogP contribution in [0.3, 0.4) is 0 Å². The van der Waals surface area contributed by atoms with Crippen LogP contribution in [0.5, 0.6) is 5.75 Å². The molecule has 23 heavy (non-hydrogen) atoms. The molecule has 0 unspecified atom stereocenters. The van der Waals surface area contributed by atoms with Gasteiger partial charge in [0.2, 0.25) is 0 Å². The van der Waals surface area contributed by atoms with E-state index in [1.54, 1.807) is 43.1 Å². The first-order valence-corrected chi connectivity index (χ1v) is 8.95. The number of halogens is 2. The summed E-state index contributed by atoms with van der Waals surface area (Å²) >= 11 is 13.6. The summed E-state index contributed by atoms with van der Waals surface area (Å²) in [7, 11) is 1.58. The summed E-state index contributed by atoms with van der Waals surface area (Å²) in [4.78, 5) is 12.0. The molecule has 1 amide bonds. The minimum atomic E-state index is -0.0981. The third kappa shape index (κ3) is 5.65. The molecule has 1 N–H and O–H groups in total. The van der Waals surface area contributed by atoms with E-state index >= 15 is 0 Å². The fraction of sp³-hybridized carbons (Fsp3) is 0.235. The molecule has 0 heterocycles. The highest BCUT2D eigenvalue weighted by Gasteiger charge is 2.06. The van der Waals surface area contributed by atoms with E-state index in [1.165, 1.54) is 0 Å². The number of hydrogen-bond acceptors (Lipinski definition) is 3.